The van der Waals surface area contributed by atoms with Crippen LogP contribution in [-0.4, -0.2) is 18.4 Å². The third-order valence-corrected chi connectivity index (χ3v) is 3.00. The molecule has 0 heterocycles. The van der Waals surface area contributed by atoms with Gasteiger partial charge < -0.3 is 4.74 Å². The second kappa shape index (κ2) is 9.54. The van der Waals surface area contributed by atoms with E-state index in [0.717, 1.165) is 12.8 Å². The highest BCUT2D eigenvalue weighted by Gasteiger charge is 2.20. The lowest BCUT2D eigenvalue weighted by Gasteiger charge is -2.06. The molecule has 0 spiro atoms. The van der Waals surface area contributed by atoms with Crippen LogP contribution in [0.4, 0.5) is 0 Å². The Balaban J connectivity index is 4.03. The summed E-state index contributed by atoms with van der Waals surface area (Å²) in [5.41, 5.74) is 2.47. The maximum absolute atomic E-state index is 11.5. The van der Waals surface area contributed by atoms with Crippen LogP contribution < -0.4 is 0 Å². The molecule has 1 unspecified atom stereocenters. The fourth-order valence-electron chi connectivity index (χ4n) is 1.41. The molecule has 0 amide bonds. The summed E-state index contributed by atoms with van der Waals surface area (Å²) in [4.78, 5) is 22.9. The quantitative estimate of drug-likeness (QED) is 0.381. The van der Waals surface area contributed by atoms with Crippen molar-refractivity contribution in [2.45, 2.75) is 53.9 Å². The van der Waals surface area contributed by atoms with E-state index in [1.165, 1.54) is 11.1 Å². The van der Waals surface area contributed by atoms with Gasteiger partial charge in [-0.05, 0) is 46.1 Å². The molecule has 0 bridgehead atoms. The average Bonchev–Trinajstić information content (AvgIpc) is 2.36. The number of Topliss-reactive ketones (excluding diaryl/α,β-unsaturated/α-hetero) is 1. The lowest BCUT2D eigenvalue weighted by Crippen LogP contribution is -2.23. The molecule has 0 aromatic carbocycles. The smallest absolute Gasteiger partial charge is 0.375 e. The molecule has 1 atom stereocenters. The number of carbonyl (C=O) groups is 2. The Labute approximate surface area is 116 Å². The number of allylic oxidation sites excluding steroid dienone is 3. The SMILES string of the molecule is CCC(C)C(=O)C(=O)OCC=C(C)CCC=C(C)C. The van der Waals surface area contributed by atoms with Crippen molar-refractivity contribution in [2.24, 2.45) is 5.92 Å². The molecule has 0 rings (SSSR count). The van der Waals surface area contributed by atoms with Crippen molar-refractivity contribution in [1.29, 1.82) is 0 Å². The summed E-state index contributed by atoms with van der Waals surface area (Å²) in [5, 5.41) is 0. The first-order valence-electron chi connectivity index (χ1n) is 6.88. The van der Waals surface area contributed by atoms with E-state index in [2.05, 4.69) is 19.9 Å². The Morgan fingerprint density at radius 1 is 1.16 bits per heavy atom. The van der Waals surface area contributed by atoms with Gasteiger partial charge in [0.2, 0.25) is 5.78 Å². The van der Waals surface area contributed by atoms with Crippen LogP contribution in [0.1, 0.15) is 53.9 Å². The number of rotatable bonds is 8. The first-order chi connectivity index (χ1) is 8.88. The van der Waals surface area contributed by atoms with Crippen LogP contribution in [0, 0.1) is 5.92 Å². The van der Waals surface area contributed by atoms with Crippen LogP contribution in [0.5, 0.6) is 0 Å². The summed E-state index contributed by atoms with van der Waals surface area (Å²) in [7, 11) is 0. The van der Waals surface area contributed by atoms with Crippen LogP contribution in [0.25, 0.3) is 0 Å². The monoisotopic (exact) mass is 266 g/mol. The number of hydrogen-bond acceptors (Lipinski definition) is 3. The van der Waals surface area contributed by atoms with E-state index in [9.17, 15) is 9.59 Å². The van der Waals surface area contributed by atoms with Crippen LogP contribution in [0.15, 0.2) is 23.3 Å². The molecule has 0 aliphatic heterocycles. The highest BCUT2D eigenvalue weighted by Crippen LogP contribution is 2.07. The fourth-order valence-corrected chi connectivity index (χ4v) is 1.41. The first-order valence-corrected chi connectivity index (χ1v) is 6.88. The van der Waals surface area contributed by atoms with E-state index in [0.29, 0.717) is 6.42 Å². The van der Waals surface area contributed by atoms with E-state index in [1.54, 1.807) is 6.92 Å². The van der Waals surface area contributed by atoms with Crippen molar-refractivity contribution < 1.29 is 14.3 Å². The summed E-state index contributed by atoms with van der Waals surface area (Å²) in [6.07, 6.45) is 6.63. The number of carbonyl (C=O) groups excluding carboxylic acids is 2. The largest absolute Gasteiger partial charge is 0.456 e. The summed E-state index contributed by atoms with van der Waals surface area (Å²) in [5.74, 6) is -1.41. The molecule has 0 aromatic heterocycles. The fraction of sp³-hybridized carbons (Fsp3) is 0.625. The maximum Gasteiger partial charge on any atom is 0.375 e. The summed E-state index contributed by atoms with van der Waals surface area (Å²) >= 11 is 0. The van der Waals surface area contributed by atoms with Gasteiger partial charge >= 0.3 is 5.97 Å². The van der Waals surface area contributed by atoms with Gasteiger partial charge in [-0.3, -0.25) is 4.79 Å². The van der Waals surface area contributed by atoms with Gasteiger partial charge in [0.1, 0.15) is 6.61 Å². The van der Waals surface area contributed by atoms with E-state index >= 15 is 0 Å². The van der Waals surface area contributed by atoms with Crippen molar-refractivity contribution in [1.82, 2.24) is 0 Å². The van der Waals surface area contributed by atoms with Crippen molar-refractivity contribution in [3.63, 3.8) is 0 Å². The van der Waals surface area contributed by atoms with Gasteiger partial charge in [0.25, 0.3) is 0 Å². The van der Waals surface area contributed by atoms with Crippen molar-refractivity contribution >= 4 is 11.8 Å². The van der Waals surface area contributed by atoms with Crippen LogP contribution >= 0.6 is 0 Å². The Bertz CT molecular complexity index is 360. The zero-order valence-electron chi connectivity index (χ0n) is 12.8. The normalized spacial score (nSPS) is 12.8. The predicted molar refractivity (Wildman–Crippen MR) is 77.8 cm³/mol. The van der Waals surface area contributed by atoms with Gasteiger partial charge in [0.15, 0.2) is 0 Å². The lowest BCUT2D eigenvalue weighted by molar-refractivity contribution is -0.154. The molecular formula is C16H26O3. The van der Waals surface area contributed by atoms with Gasteiger partial charge in [0.05, 0.1) is 0 Å². The second-order valence-electron chi connectivity index (χ2n) is 5.14. The van der Waals surface area contributed by atoms with Gasteiger partial charge in [-0.15, -0.1) is 0 Å². The Hall–Kier alpha value is -1.38. The van der Waals surface area contributed by atoms with E-state index in [4.69, 9.17) is 4.74 Å². The molecule has 108 valence electrons. The summed E-state index contributed by atoms with van der Waals surface area (Å²) in [6, 6.07) is 0. The molecular weight excluding hydrogens is 240 g/mol. The van der Waals surface area contributed by atoms with Gasteiger partial charge in [-0.1, -0.05) is 31.1 Å². The minimum absolute atomic E-state index is 0.182. The zero-order chi connectivity index (χ0) is 14.8. The standard InChI is InChI=1S/C16H26O3/c1-6-14(5)15(17)16(18)19-11-10-13(4)9-7-8-12(2)3/h8,10,14H,6-7,9,11H2,1-5H3. The highest BCUT2D eigenvalue weighted by atomic mass is 16.5. The number of ketones is 1. The number of hydrogen-bond donors (Lipinski definition) is 0. The van der Waals surface area contributed by atoms with E-state index in [1.807, 2.05) is 19.9 Å². The molecule has 0 aromatic rings. The van der Waals surface area contributed by atoms with E-state index in [-0.39, 0.29) is 12.5 Å². The summed E-state index contributed by atoms with van der Waals surface area (Å²) < 4.78 is 4.94. The Morgan fingerprint density at radius 2 is 1.79 bits per heavy atom. The maximum atomic E-state index is 11.5. The van der Waals surface area contributed by atoms with Gasteiger partial charge in [-0.2, -0.15) is 0 Å². The summed E-state index contributed by atoms with van der Waals surface area (Å²) in [6.45, 7) is 9.95. The van der Waals surface area contributed by atoms with Crippen molar-refractivity contribution in [3.8, 4) is 0 Å². The first kappa shape index (κ1) is 17.6. The molecule has 0 saturated heterocycles. The molecule has 3 heteroatoms. The Morgan fingerprint density at radius 3 is 2.32 bits per heavy atom. The molecule has 0 N–H and O–H groups in total. The van der Waals surface area contributed by atoms with Gasteiger partial charge in [-0.25, -0.2) is 4.79 Å². The molecule has 0 aliphatic carbocycles. The zero-order valence-corrected chi connectivity index (χ0v) is 12.8. The molecule has 0 radical (unpaired) electrons. The molecule has 0 saturated carbocycles. The van der Waals surface area contributed by atoms with Crippen LogP contribution in [0.2, 0.25) is 0 Å². The lowest BCUT2D eigenvalue weighted by atomic mass is 10.0. The predicted octanol–water partition coefficient (Wildman–Crippen LogP) is 3.84. The van der Waals surface area contributed by atoms with E-state index < -0.39 is 11.8 Å². The second-order valence-corrected chi connectivity index (χ2v) is 5.14. The molecule has 0 aliphatic rings. The highest BCUT2D eigenvalue weighted by molar-refractivity contribution is 6.34. The minimum atomic E-state index is -0.720. The molecule has 19 heavy (non-hydrogen) atoms. The number of esters is 1. The van der Waals surface area contributed by atoms with Crippen molar-refractivity contribution in [2.75, 3.05) is 6.61 Å². The number of ether oxygens (including phenoxy) is 1. The third kappa shape index (κ3) is 8.36. The van der Waals surface area contributed by atoms with Crippen LogP contribution in [-0.2, 0) is 14.3 Å². The topological polar surface area (TPSA) is 43.4 Å². The third-order valence-electron chi connectivity index (χ3n) is 3.00. The minimum Gasteiger partial charge on any atom is -0.456 e. The van der Waals surface area contributed by atoms with Crippen LogP contribution in [0.3, 0.4) is 0 Å². The average molecular weight is 266 g/mol. The molecule has 0 fully saturated rings. The molecule has 3 nitrogen and oxygen atoms in total. The van der Waals surface area contributed by atoms with Crippen molar-refractivity contribution in [3.05, 3.63) is 23.3 Å². The Kier molecular flexibility index (Phi) is 8.84. The van der Waals surface area contributed by atoms with Gasteiger partial charge in [0, 0.05) is 5.92 Å².